The van der Waals surface area contributed by atoms with Crippen LogP contribution in [0.1, 0.15) is 83.1 Å². The van der Waals surface area contributed by atoms with Crippen LogP contribution in [0.4, 0.5) is 4.79 Å². The van der Waals surface area contributed by atoms with E-state index in [1.54, 1.807) is 30.3 Å². The van der Waals surface area contributed by atoms with E-state index in [4.69, 9.17) is 4.74 Å². The van der Waals surface area contributed by atoms with Gasteiger partial charge in [0.1, 0.15) is 24.7 Å². The van der Waals surface area contributed by atoms with Gasteiger partial charge in [-0.25, -0.2) is 19.2 Å². The van der Waals surface area contributed by atoms with Crippen LogP contribution in [0.3, 0.4) is 0 Å². The Morgan fingerprint density at radius 3 is 1.73 bits per heavy atom. The number of amides is 3. The molecule has 3 atom stereocenters. The van der Waals surface area contributed by atoms with Crippen LogP contribution in [-0.2, 0) is 35.3 Å². The fraction of sp³-hybridized carbons (Fsp3) is 0.571. The molecule has 0 radical (unpaired) electrons. The van der Waals surface area contributed by atoms with Gasteiger partial charge in [-0.2, -0.15) is 0 Å². The largest absolute Gasteiger partial charge is 0.480 e. The summed E-state index contributed by atoms with van der Waals surface area (Å²) in [6.07, 6.45) is 3.03. The lowest BCUT2D eigenvalue weighted by molar-refractivity contribution is -0.143. The molecule has 0 saturated heterocycles. The predicted molar refractivity (Wildman–Crippen MR) is 147 cm³/mol. The monoisotopic (exact) mass is 579 g/mol. The second-order valence-electron chi connectivity index (χ2n) is 9.65. The number of nitrogens with one attached hydrogen (secondary N) is 3. The molecule has 13 heteroatoms. The van der Waals surface area contributed by atoms with E-state index in [1.807, 2.05) is 0 Å². The number of ether oxygens (including phenoxy) is 1. The molecule has 0 bridgehead atoms. The lowest BCUT2D eigenvalue weighted by atomic mass is 10.0. The summed E-state index contributed by atoms with van der Waals surface area (Å²) in [7, 11) is 0. The van der Waals surface area contributed by atoms with Gasteiger partial charge in [-0.05, 0) is 37.7 Å². The van der Waals surface area contributed by atoms with Crippen molar-refractivity contribution in [3.05, 3.63) is 35.9 Å². The molecular formula is C28H41N3O10. The number of carboxylic acid groups (broad SMARTS) is 3. The van der Waals surface area contributed by atoms with E-state index in [0.717, 1.165) is 25.7 Å². The van der Waals surface area contributed by atoms with E-state index in [2.05, 4.69) is 22.9 Å². The van der Waals surface area contributed by atoms with Gasteiger partial charge in [-0.15, -0.1) is 0 Å². The van der Waals surface area contributed by atoms with E-state index < -0.39 is 53.9 Å². The van der Waals surface area contributed by atoms with E-state index in [0.29, 0.717) is 12.0 Å². The van der Waals surface area contributed by atoms with Crippen molar-refractivity contribution < 1.29 is 48.8 Å². The minimum Gasteiger partial charge on any atom is -0.480 e. The molecule has 0 aliphatic rings. The van der Waals surface area contributed by atoms with Gasteiger partial charge in [0, 0.05) is 12.8 Å². The van der Waals surface area contributed by atoms with Crippen LogP contribution in [0.2, 0.25) is 0 Å². The Morgan fingerprint density at radius 2 is 1.17 bits per heavy atom. The maximum absolute atomic E-state index is 12.3. The Balaban J connectivity index is 2.48. The lowest BCUT2D eigenvalue weighted by Gasteiger charge is -2.18. The van der Waals surface area contributed by atoms with Crippen LogP contribution in [0.15, 0.2) is 30.3 Å². The molecule has 41 heavy (non-hydrogen) atoms. The Bertz CT molecular complexity index is 1000. The van der Waals surface area contributed by atoms with Crippen LogP contribution >= 0.6 is 0 Å². The zero-order valence-electron chi connectivity index (χ0n) is 23.3. The van der Waals surface area contributed by atoms with Gasteiger partial charge in [0.15, 0.2) is 0 Å². The van der Waals surface area contributed by atoms with Crippen molar-refractivity contribution in [3.63, 3.8) is 0 Å². The van der Waals surface area contributed by atoms with Gasteiger partial charge >= 0.3 is 24.0 Å². The molecular weight excluding hydrogens is 538 g/mol. The van der Waals surface area contributed by atoms with Crippen LogP contribution in [0, 0.1) is 0 Å². The molecule has 228 valence electrons. The highest BCUT2D eigenvalue weighted by atomic mass is 16.5. The fourth-order valence-corrected chi connectivity index (χ4v) is 3.90. The molecule has 0 saturated carbocycles. The first-order chi connectivity index (χ1) is 19.5. The zero-order valence-corrected chi connectivity index (χ0v) is 23.3. The van der Waals surface area contributed by atoms with Crippen molar-refractivity contribution in [2.45, 2.75) is 102 Å². The van der Waals surface area contributed by atoms with E-state index in [-0.39, 0.29) is 45.1 Å². The Labute approximate surface area is 239 Å². The molecule has 0 heterocycles. The number of carboxylic acids is 3. The number of unbranched alkanes of at least 4 members (excludes halogenated alkanes) is 4. The number of hydrogen-bond acceptors (Lipinski definition) is 7. The summed E-state index contributed by atoms with van der Waals surface area (Å²) in [5.74, 6) is -5.15. The van der Waals surface area contributed by atoms with Crippen LogP contribution < -0.4 is 16.0 Å². The lowest BCUT2D eigenvalue weighted by Crippen LogP contribution is -2.44. The summed E-state index contributed by atoms with van der Waals surface area (Å²) in [6, 6.07) is 4.78. The van der Waals surface area contributed by atoms with Gasteiger partial charge in [-0.1, -0.05) is 62.9 Å². The quantitative estimate of drug-likeness (QED) is 0.117. The van der Waals surface area contributed by atoms with Crippen molar-refractivity contribution in [2.75, 3.05) is 0 Å². The highest BCUT2D eigenvalue weighted by Gasteiger charge is 2.25. The molecule has 0 aliphatic carbocycles. The predicted octanol–water partition coefficient (Wildman–Crippen LogP) is 2.82. The normalized spacial score (nSPS) is 12.8. The molecule has 1 aromatic carbocycles. The molecule has 13 nitrogen and oxygen atoms in total. The van der Waals surface area contributed by atoms with E-state index in [1.165, 1.54) is 0 Å². The molecule has 0 aliphatic heterocycles. The summed E-state index contributed by atoms with van der Waals surface area (Å²) in [5.41, 5.74) is 0.712. The first-order valence-corrected chi connectivity index (χ1v) is 13.8. The fourth-order valence-electron chi connectivity index (χ4n) is 3.90. The van der Waals surface area contributed by atoms with Crippen molar-refractivity contribution in [3.8, 4) is 0 Å². The van der Waals surface area contributed by atoms with E-state index >= 15 is 0 Å². The van der Waals surface area contributed by atoms with Gasteiger partial charge in [0.2, 0.25) is 11.8 Å². The van der Waals surface area contributed by atoms with Crippen LogP contribution in [0.5, 0.6) is 0 Å². The van der Waals surface area contributed by atoms with Crippen molar-refractivity contribution in [2.24, 2.45) is 0 Å². The molecule has 6 N–H and O–H groups in total. The molecule has 1 aromatic rings. The SMILES string of the molecule is CCCCCCCC(=O)N[C@H](CCC(=O)N[C@@H](CCC[C@@H](NC(=O)OCc1ccccc1)C(=O)O)C(=O)O)C(=O)O. The Hall–Kier alpha value is -4.16. The van der Waals surface area contributed by atoms with Crippen LogP contribution in [-0.4, -0.2) is 69.3 Å². The maximum atomic E-state index is 12.3. The van der Waals surface area contributed by atoms with Gasteiger partial charge < -0.3 is 36.0 Å². The second kappa shape index (κ2) is 19.8. The Morgan fingerprint density at radius 1 is 0.659 bits per heavy atom. The Kier molecular flexibility index (Phi) is 16.9. The minimum absolute atomic E-state index is 0.0270. The number of carbonyl (C=O) groups is 6. The minimum atomic E-state index is -1.36. The van der Waals surface area contributed by atoms with Crippen LogP contribution in [0.25, 0.3) is 0 Å². The molecule has 0 spiro atoms. The van der Waals surface area contributed by atoms with E-state index in [9.17, 15) is 44.1 Å². The molecule has 3 amide bonds. The first-order valence-electron chi connectivity index (χ1n) is 13.8. The summed E-state index contributed by atoms with van der Waals surface area (Å²) in [6.45, 7) is 2.01. The van der Waals surface area contributed by atoms with Crippen molar-refractivity contribution in [1.82, 2.24) is 16.0 Å². The van der Waals surface area contributed by atoms with Gasteiger partial charge in [0.25, 0.3) is 0 Å². The zero-order chi connectivity index (χ0) is 30.6. The first kappa shape index (κ1) is 34.9. The highest BCUT2D eigenvalue weighted by molar-refractivity contribution is 5.86. The molecule has 0 fully saturated rings. The highest BCUT2D eigenvalue weighted by Crippen LogP contribution is 2.09. The topological polar surface area (TPSA) is 208 Å². The average molecular weight is 580 g/mol. The smallest absolute Gasteiger partial charge is 0.408 e. The molecule has 0 aromatic heterocycles. The molecule has 0 unspecified atom stereocenters. The number of benzene rings is 1. The third kappa shape index (κ3) is 15.9. The number of aliphatic carboxylic acids is 3. The number of rotatable bonds is 21. The summed E-state index contributed by atoms with van der Waals surface area (Å²) < 4.78 is 5.01. The summed E-state index contributed by atoms with van der Waals surface area (Å²) in [4.78, 5) is 71.1. The maximum Gasteiger partial charge on any atom is 0.408 e. The third-order valence-corrected chi connectivity index (χ3v) is 6.22. The van der Waals surface area contributed by atoms with Crippen molar-refractivity contribution in [1.29, 1.82) is 0 Å². The number of carbonyl (C=O) groups excluding carboxylic acids is 3. The average Bonchev–Trinajstić information content (AvgIpc) is 2.93. The molecule has 1 rings (SSSR count). The van der Waals surface area contributed by atoms with Crippen molar-refractivity contribution >= 4 is 35.8 Å². The number of alkyl carbamates (subject to hydrolysis) is 1. The number of hydrogen-bond donors (Lipinski definition) is 6. The standard InChI is InChI=1S/C28H41N3O10/c1-2-3-4-5-9-15-23(32)30-22(27(38)39)16-17-24(33)29-20(25(34)35)13-10-14-21(26(36)37)31-28(40)41-18-19-11-7-6-8-12-19/h6-8,11-12,20-22H,2-5,9-10,13-18H2,1H3,(H,29,33)(H,30,32)(H,31,40)(H,34,35)(H,36,37)(H,38,39)/t20-,21+,22+/m0/s1. The second-order valence-corrected chi connectivity index (χ2v) is 9.65. The summed E-state index contributed by atoms with van der Waals surface area (Å²) in [5, 5.41) is 35.2. The third-order valence-electron chi connectivity index (χ3n) is 6.22. The van der Waals surface area contributed by atoms with Gasteiger partial charge in [-0.3, -0.25) is 9.59 Å². The summed E-state index contributed by atoms with van der Waals surface area (Å²) >= 11 is 0. The van der Waals surface area contributed by atoms with Gasteiger partial charge in [0.05, 0.1) is 0 Å².